The van der Waals surface area contributed by atoms with E-state index in [-0.39, 0.29) is 28.0 Å². The van der Waals surface area contributed by atoms with Crippen LogP contribution in [0.5, 0.6) is 17.2 Å². The van der Waals surface area contributed by atoms with Crippen molar-refractivity contribution in [3.63, 3.8) is 0 Å². The Morgan fingerprint density at radius 1 is 0.944 bits per heavy atom. The van der Waals surface area contributed by atoms with E-state index in [4.69, 9.17) is 19.9 Å². The Bertz CT molecular complexity index is 1620. The van der Waals surface area contributed by atoms with Gasteiger partial charge in [0, 0.05) is 31.4 Å². The molecule has 0 spiro atoms. The van der Waals surface area contributed by atoms with E-state index in [1.807, 2.05) is 0 Å². The number of methoxy groups -OCH3 is 3. The van der Waals surface area contributed by atoms with Gasteiger partial charge in [0.2, 0.25) is 0 Å². The summed E-state index contributed by atoms with van der Waals surface area (Å²) in [5, 5.41) is 2.84. The number of anilines is 2. The topological polar surface area (TPSA) is 140 Å². The second-order valence-corrected chi connectivity index (χ2v) is 7.91. The SMILES string of the molecule is COc1cccc(NC(=O)c2c(N)nc3c(c2-c2ccc(OC)c(OC)c2)c(=O)n(C)c(=O)n3C)c1. The molecular formula is C25H25N5O6. The summed E-state index contributed by atoms with van der Waals surface area (Å²) in [4.78, 5) is 43.8. The van der Waals surface area contributed by atoms with Gasteiger partial charge in [0.05, 0.1) is 32.3 Å². The van der Waals surface area contributed by atoms with Gasteiger partial charge in [-0.2, -0.15) is 0 Å². The molecule has 4 aromatic rings. The summed E-state index contributed by atoms with van der Waals surface area (Å²) in [6, 6.07) is 11.7. The zero-order valence-electron chi connectivity index (χ0n) is 20.4. The maximum Gasteiger partial charge on any atom is 0.332 e. The van der Waals surface area contributed by atoms with Crippen LogP contribution in [0.25, 0.3) is 22.2 Å². The van der Waals surface area contributed by atoms with Gasteiger partial charge in [-0.15, -0.1) is 0 Å². The first-order valence-corrected chi connectivity index (χ1v) is 10.8. The average molecular weight is 492 g/mol. The minimum atomic E-state index is -0.624. The molecule has 0 aliphatic carbocycles. The van der Waals surface area contributed by atoms with Crippen LogP contribution in [0.3, 0.4) is 0 Å². The van der Waals surface area contributed by atoms with Crippen LogP contribution in [-0.2, 0) is 14.1 Å². The Kier molecular flexibility index (Phi) is 6.39. The number of pyridine rings is 1. The van der Waals surface area contributed by atoms with Gasteiger partial charge >= 0.3 is 5.69 Å². The number of nitrogen functional groups attached to an aromatic ring is 1. The van der Waals surface area contributed by atoms with Crippen molar-refractivity contribution in [1.29, 1.82) is 0 Å². The molecule has 0 aliphatic heterocycles. The Morgan fingerprint density at radius 3 is 2.33 bits per heavy atom. The van der Waals surface area contributed by atoms with Crippen LogP contribution in [-0.4, -0.2) is 41.4 Å². The molecule has 2 aromatic carbocycles. The van der Waals surface area contributed by atoms with E-state index < -0.39 is 17.2 Å². The second kappa shape index (κ2) is 9.45. The molecule has 0 saturated heterocycles. The molecule has 11 nitrogen and oxygen atoms in total. The number of carbonyl (C=O) groups is 1. The second-order valence-electron chi connectivity index (χ2n) is 7.91. The Hall–Kier alpha value is -4.80. The number of ether oxygens (including phenoxy) is 3. The lowest BCUT2D eigenvalue weighted by atomic mass is 9.96. The number of aryl methyl sites for hydroxylation is 1. The monoisotopic (exact) mass is 491 g/mol. The molecule has 11 heteroatoms. The lowest BCUT2D eigenvalue weighted by Gasteiger charge is -2.18. The first-order chi connectivity index (χ1) is 17.2. The molecule has 0 fully saturated rings. The predicted molar refractivity (Wildman–Crippen MR) is 136 cm³/mol. The average Bonchev–Trinajstić information content (AvgIpc) is 2.89. The van der Waals surface area contributed by atoms with E-state index in [0.717, 1.165) is 4.57 Å². The van der Waals surface area contributed by atoms with Gasteiger partial charge in [0.25, 0.3) is 11.5 Å². The summed E-state index contributed by atoms with van der Waals surface area (Å²) in [6.45, 7) is 0. The number of hydrogen-bond donors (Lipinski definition) is 2. The van der Waals surface area contributed by atoms with Crippen LogP contribution in [0.1, 0.15) is 10.4 Å². The third-order valence-electron chi connectivity index (χ3n) is 5.84. The van der Waals surface area contributed by atoms with Crippen molar-refractivity contribution in [1.82, 2.24) is 14.1 Å². The zero-order chi connectivity index (χ0) is 26.1. The molecule has 0 saturated carbocycles. The van der Waals surface area contributed by atoms with Gasteiger partial charge in [0.1, 0.15) is 11.6 Å². The minimum absolute atomic E-state index is 0.0340. The summed E-state index contributed by atoms with van der Waals surface area (Å²) < 4.78 is 18.2. The zero-order valence-corrected chi connectivity index (χ0v) is 20.4. The largest absolute Gasteiger partial charge is 0.497 e. The molecule has 0 bridgehead atoms. The molecular weight excluding hydrogens is 466 g/mol. The van der Waals surface area contributed by atoms with Gasteiger partial charge in [0.15, 0.2) is 17.1 Å². The number of carbonyl (C=O) groups excluding carboxylic acids is 1. The minimum Gasteiger partial charge on any atom is -0.497 e. The molecule has 36 heavy (non-hydrogen) atoms. The Labute approximate surface area is 205 Å². The molecule has 0 radical (unpaired) electrons. The van der Waals surface area contributed by atoms with Crippen LogP contribution < -0.4 is 36.5 Å². The standard InChI is InChI=1S/C25H25N5O6/c1-29-22-20(24(32)30(2)25(29)33)18(13-9-10-16(35-4)17(11-13)36-5)19(21(26)28-22)23(31)27-14-7-6-8-15(12-14)34-3/h6-12H,1-5H3,(H2,26,28)(H,27,31). The lowest BCUT2D eigenvalue weighted by Crippen LogP contribution is -2.38. The lowest BCUT2D eigenvalue weighted by molar-refractivity contribution is 0.102. The normalized spacial score (nSPS) is 10.8. The predicted octanol–water partition coefficient (Wildman–Crippen LogP) is 2.16. The van der Waals surface area contributed by atoms with Gasteiger partial charge in [-0.05, 0) is 29.8 Å². The third-order valence-corrected chi connectivity index (χ3v) is 5.84. The van der Waals surface area contributed by atoms with Gasteiger partial charge in [-0.3, -0.25) is 18.7 Å². The molecule has 4 rings (SSSR count). The molecule has 186 valence electrons. The van der Waals surface area contributed by atoms with Crippen molar-refractivity contribution < 1.29 is 19.0 Å². The van der Waals surface area contributed by atoms with Crippen LogP contribution in [0, 0.1) is 0 Å². The number of fused-ring (bicyclic) bond motifs is 1. The molecule has 0 unspecified atom stereocenters. The van der Waals surface area contributed by atoms with Gasteiger partial charge in [-0.1, -0.05) is 12.1 Å². The van der Waals surface area contributed by atoms with E-state index in [1.165, 1.54) is 40.0 Å². The maximum absolute atomic E-state index is 13.6. The highest BCUT2D eigenvalue weighted by atomic mass is 16.5. The fraction of sp³-hybridized carbons (Fsp3) is 0.200. The molecule has 2 heterocycles. The highest BCUT2D eigenvalue weighted by Crippen LogP contribution is 2.38. The summed E-state index contributed by atoms with van der Waals surface area (Å²) in [6.07, 6.45) is 0. The van der Waals surface area contributed by atoms with E-state index in [2.05, 4.69) is 10.3 Å². The number of nitrogens with one attached hydrogen (secondary N) is 1. The smallest absolute Gasteiger partial charge is 0.332 e. The summed E-state index contributed by atoms with van der Waals surface area (Å²) in [5.74, 6) is 0.614. The van der Waals surface area contributed by atoms with Gasteiger partial charge in [-0.25, -0.2) is 9.78 Å². The Morgan fingerprint density at radius 2 is 1.67 bits per heavy atom. The molecule has 0 atom stereocenters. The van der Waals surface area contributed by atoms with Crippen molar-refractivity contribution in [2.45, 2.75) is 0 Å². The van der Waals surface area contributed by atoms with Crippen molar-refractivity contribution >= 4 is 28.4 Å². The number of nitrogens with zero attached hydrogens (tertiary/aromatic N) is 3. The van der Waals surface area contributed by atoms with Gasteiger partial charge < -0.3 is 25.3 Å². The van der Waals surface area contributed by atoms with Crippen LogP contribution in [0.2, 0.25) is 0 Å². The van der Waals surface area contributed by atoms with E-state index in [9.17, 15) is 14.4 Å². The molecule has 0 aliphatic rings. The fourth-order valence-electron chi connectivity index (χ4n) is 4.01. The number of nitrogens with two attached hydrogens (primary N) is 1. The van der Waals surface area contributed by atoms with Crippen molar-refractivity contribution in [2.24, 2.45) is 14.1 Å². The highest BCUT2D eigenvalue weighted by Gasteiger charge is 2.26. The highest BCUT2D eigenvalue weighted by molar-refractivity contribution is 6.16. The third kappa shape index (κ3) is 4.00. The quantitative estimate of drug-likeness (QED) is 0.418. The number of rotatable bonds is 6. The van der Waals surface area contributed by atoms with E-state index >= 15 is 0 Å². The molecule has 2 aromatic heterocycles. The summed E-state index contributed by atoms with van der Waals surface area (Å²) in [7, 11) is 7.32. The number of aromatic nitrogens is 3. The van der Waals surface area contributed by atoms with Crippen LogP contribution in [0.4, 0.5) is 11.5 Å². The summed E-state index contributed by atoms with van der Waals surface area (Å²) in [5.41, 5.74) is 6.20. The maximum atomic E-state index is 13.6. The van der Waals surface area contributed by atoms with Crippen LogP contribution >= 0.6 is 0 Å². The molecule has 3 N–H and O–H groups in total. The number of amides is 1. The van der Waals surface area contributed by atoms with E-state index in [0.29, 0.717) is 28.5 Å². The summed E-state index contributed by atoms with van der Waals surface area (Å²) >= 11 is 0. The van der Waals surface area contributed by atoms with Crippen molar-refractivity contribution in [3.05, 3.63) is 68.9 Å². The number of benzene rings is 2. The van der Waals surface area contributed by atoms with Crippen LogP contribution in [0.15, 0.2) is 52.1 Å². The van der Waals surface area contributed by atoms with Crippen molar-refractivity contribution in [2.75, 3.05) is 32.4 Å². The number of hydrogen-bond acceptors (Lipinski definition) is 8. The first kappa shape index (κ1) is 24.3. The Balaban J connectivity index is 2.07. The fourth-order valence-corrected chi connectivity index (χ4v) is 4.01. The van der Waals surface area contributed by atoms with E-state index in [1.54, 1.807) is 42.5 Å². The molecule has 1 amide bonds. The first-order valence-electron chi connectivity index (χ1n) is 10.8. The van der Waals surface area contributed by atoms with Crippen molar-refractivity contribution in [3.8, 4) is 28.4 Å².